The van der Waals surface area contributed by atoms with Gasteiger partial charge >= 0.3 is 0 Å². The quantitative estimate of drug-likeness (QED) is 0.624. The zero-order valence-corrected chi connectivity index (χ0v) is 12.7. The number of nitrogens with one attached hydrogen (secondary N) is 1. The number of nitro benzene ring substituents is 1. The molecular weight excluding hydrogens is 294 g/mol. The van der Waals surface area contributed by atoms with Crippen molar-refractivity contribution < 1.29 is 13.3 Å². The molecule has 0 bridgehead atoms. The molecule has 21 heavy (non-hydrogen) atoms. The highest BCUT2D eigenvalue weighted by atomic mass is 32.2. The number of rotatable bonds is 6. The summed E-state index contributed by atoms with van der Waals surface area (Å²) in [7, 11) is -1.51. The summed E-state index contributed by atoms with van der Waals surface area (Å²) in [5.74, 6) is 0.235. The van der Waals surface area contributed by atoms with Gasteiger partial charge in [0.1, 0.15) is 0 Å². The van der Waals surface area contributed by atoms with Crippen molar-refractivity contribution in [1.29, 1.82) is 0 Å². The van der Waals surface area contributed by atoms with Gasteiger partial charge in [-0.05, 0) is 31.5 Å². The van der Waals surface area contributed by atoms with Gasteiger partial charge in [-0.1, -0.05) is 12.1 Å². The summed E-state index contributed by atoms with van der Waals surface area (Å²) >= 11 is 0. The standard InChI is InChI=1S/C13H19N3O4S/c1-14-8-12-6-7-15(9-12)21(19,20)10-11-2-4-13(5-3-11)16(17)18/h2-5,12,14H,6-10H2,1H3. The van der Waals surface area contributed by atoms with Gasteiger partial charge in [-0.3, -0.25) is 10.1 Å². The molecule has 1 aliphatic rings. The molecule has 1 heterocycles. The second kappa shape index (κ2) is 6.50. The molecule has 0 saturated carbocycles. The molecule has 1 saturated heterocycles. The molecule has 0 spiro atoms. The van der Waals surface area contributed by atoms with Crippen LogP contribution in [0.3, 0.4) is 0 Å². The van der Waals surface area contributed by atoms with Crippen LogP contribution in [-0.4, -0.2) is 44.3 Å². The van der Waals surface area contributed by atoms with Crippen LogP contribution in [0.4, 0.5) is 5.69 Å². The van der Waals surface area contributed by atoms with Gasteiger partial charge in [-0.25, -0.2) is 12.7 Å². The zero-order valence-electron chi connectivity index (χ0n) is 11.9. The van der Waals surface area contributed by atoms with Crippen molar-refractivity contribution >= 4 is 15.7 Å². The maximum absolute atomic E-state index is 12.3. The van der Waals surface area contributed by atoms with E-state index in [0.717, 1.165) is 13.0 Å². The van der Waals surface area contributed by atoms with E-state index < -0.39 is 14.9 Å². The van der Waals surface area contributed by atoms with E-state index in [1.807, 2.05) is 7.05 Å². The van der Waals surface area contributed by atoms with E-state index in [0.29, 0.717) is 24.6 Å². The Morgan fingerprint density at radius 1 is 1.38 bits per heavy atom. The molecule has 0 amide bonds. The second-order valence-electron chi connectivity index (χ2n) is 5.25. The van der Waals surface area contributed by atoms with E-state index in [1.165, 1.54) is 28.6 Å². The molecule has 0 radical (unpaired) electrons. The SMILES string of the molecule is CNCC1CCN(S(=O)(=O)Cc2ccc([N+](=O)[O-])cc2)C1. The van der Waals surface area contributed by atoms with Crippen LogP contribution in [0, 0.1) is 16.0 Å². The summed E-state index contributed by atoms with van der Waals surface area (Å²) in [6, 6.07) is 5.66. The molecule has 7 nitrogen and oxygen atoms in total. The molecule has 1 fully saturated rings. The maximum atomic E-state index is 12.3. The predicted molar refractivity (Wildman–Crippen MR) is 79.3 cm³/mol. The molecule has 1 N–H and O–H groups in total. The highest BCUT2D eigenvalue weighted by Crippen LogP contribution is 2.22. The Morgan fingerprint density at radius 3 is 2.62 bits per heavy atom. The minimum Gasteiger partial charge on any atom is -0.319 e. The molecule has 1 unspecified atom stereocenters. The number of sulfonamides is 1. The van der Waals surface area contributed by atoms with Gasteiger partial charge in [0, 0.05) is 25.2 Å². The molecule has 116 valence electrons. The lowest BCUT2D eigenvalue weighted by Gasteiger charge is -2.16. The molecule has 0 aromatic heterocycles. The Kier molecular flexibility index (Phi) is 4.92. The molecule has 1 atom stereocenters. The fourth-order valence-corrected chi connectivity index (χ4v) is 4.14. The van der Waals surface area contributed by atoms with Gasteiger partial charge in [0.2, 0.25) is 10.0 Å². The van der Waals surface area contributed by atoms with Crippen LogP contribution in [0.25, 0.3) is 0 Å². The van der Waals surface area contributed by atoms with Gasteiger partial charge in [-0.15, -0.1) is 0 Å². The van der Waals surface area contributed by atoms with Gasteiger partial charge in [0.15, 0.2) is 0 Å². The Hall–Kier alpha value is -1.51. The van der Waals surface area contributed by atoms with E-state index in [-0.39, 0.29) is 11.4 Å². The third-order valence-corrected chi connectivity index (χ3v) is 5.45. The third kappa shape index (κ3) is 3.99. The lowest BCUT2D eigenvalue weighted by Crippen LogP contribution is -2.31. The summed E-state index contributed by atoms with van der Waals surface area (Å²) in [4.78, 5) is 10.1. The van der Waals surface area contributed by atoms with E-state index in [9.17, 15) is 18.5 Å². The number of nitrogens with zero attached hydrogens (tertiary/aromatic N) is 2. The normalized spacial score (nSPS) is 19.8. The average molecular weight is 313 g/mol. The van der Waals surface area contributed by atoms with Crippen LogP contribution >= 0.6 is 0 Å². The number of hydrogen-bond acceptors (Lipinski definition) is 5. The first kappa shape index (κ1) is 15.9. The fourth-order valence-electron chi connectivity index (χ4n) is 2.52. The van der Waals surface area contributed by atoms with Gasteiger partial charge < -0.3 is 5.32 Å². The monoisotopic (exact) mass is 313 g/mol. The topological polar surface area (TPSA) is 92.6 Å². The summed E-state index contributed by atoms with van der Waals surface area (Å²) < 4.78 is 26.2. The molecular formula is C13H19N3O4S. The predicted octanol–water partition coefficient (Wildman–Crippen LogP) is 0.966. The molecule has 0 aliphatic carbocycles. The largest absolute Gasteiger partial charge is 0.319 e. The molecule has 1 aliphatic heterocycles. The van der Waals surface area contributed by atoms with Crippen LogP contribution in [0.5, 0.6) is 0 Å². The number of nitro groups is 1. The smallest absolute Gasteiger partial charge is 0.269 e. The summed E-state index contributed by atoms with van der Waals surface area (Å²) in [6.45, 7) is 1.89. The van der Waals surface area contributed by atoms with Crippen molar-refractivity contribution in [3.63, 3.8) is 0 Å². The first-order valence-corrected chi connectivity index (χ1v) is 8.39. The Balaban J connectivity index is 2.02. The van der Waals surface area contributed by atoms with Crippen LogP contribution in [0.15, 0.2) is 24.3 Å². The highest BCUT2D eigenvalue weighted by Gasteiger charge is 2.30. The van der Waals surface area contributed by atoms with Gasteiger partial charge in [0.05, 0.1) is 10.7 Å². The first-order valence-electron chi connectivity index (χ1n) is 6.78. The van der Waals surface area contributed by atoms with E-state index in [4.69, 9.17) is 0 Å². The van der Waals surface area contributed by atoms with Crippen molar-refractivity contribution in [2.75, 3.05) is 26.7 Å². The Labute approximate surface area is 124 Å². The first-order chi connectivity index (χ1) is 9.92. The summed E-state index contributed by atoms with van der Waals surface area (Å²) in [5.41, 5.74) is 0.532. The van der Waals surface area contributed by atoms with Crippen molar-refractivity contribution in [2.24, 2.45) is 5.92 Å². The van der Waals surface area contributed by atoms with E-state index in [1.54, 1.807) is 0 Å². The van der Waals surface area contributed by atoms with Crippen molar-refractivity contribution in [1.82, 2.24) is 9.62 Å². The highest BCUT2D eigenvalue weighted by molar-refractivity contribution is 7.88. The minimum absolute atomic E-state index is 0.0357. The van der Waals surface area contributed by atoms with Gasteiger partial charge in [-0.2, -0.15) is 0 Å². The maximum Gasteiger partial charge on any atom is 0.269 e. The van der Waals surface area contributed by atoms with E-state index in [2.05, 4.69) is 5.32 Å². The lowest BCUT2D eigenvalue weighted by molar-refractivity contribution is -0.384. The van der Waals surface area contributed by atoms with E-state index >= 15 is 0 Å². The van der Waals surface area contributed by atoms with Crippen LogP contribution in [0.2, 0.25) is 0 Å². The molecule has 1 aromatic carbocycles. The summed E-state index contributed by atoms with van der Waals surface area (Å²) in [6.07, 6.45) is 0.861. The van der Waals surface area contributed by atoms with Crippen molar-refractivity contribution in [2.45, 2.75) is 12.2 Å². The zero-order chi connectivity index (χ0) is 15.5. The van der Waals surface area contributed by atoms with Crippen LogP contribution in [-0.2, 0) is 15.8 Å². The van der Waals surface area contributed by atoms with Gasteiger partial charge in [0.25, 0.3) is 5.69 Å². The molecule has 2 rings (SSSR count). The number of hydrogen-bond donors (Lipinski definition) is 1. The Bertz CT molecular complexity index is 600. The fraction of sp³-hybridized carbons (Fsp3) is 0.538. The number of non-ortho nitro benzene ring substituents is 1. The van der Waals surface area contributed by atoms with Crippen molar-refractivity contribution in [3.05, 3.63) is 39.9 Å². The third-order valence-electron chi connectivity index (χ3n) is 3.63. The minimum atomic E-state index is -3.36. The van der Waals surface area contributed by atoms with Crippen LogP contribution in [0.1, 0.15) is 12.0 Å². The number of benzene rings is 1. The average Bonchev–Trinajstić information content (AvgIpc) is 2.89. The lowest BCUT2D eigenvalue weighted by atomic mass is 10.1. The molecule has 1 aromatic rings. The Morgan fingerprint density at radius 2 is 2.05 bits per heavy atom. The van der Waals surface area contributed by atoms with Crippen molar-refractivity contribution in [3.8, 4) is 0 Å². The second-order valence-corrected chi connectivity index (χ2v) is 7.22. The van der Waals surface area contributed by atoms with Crippen LogP contribution < -0.4 is 5.32 Å². The molecule has 8 heteroatoms. The summed E-state index contributed by atoms with van der Waals surface area (Å²) in [5, 5.41) is 13.6.